The maximum Gasteiger partial charge on any atom is 0.128 e. The number of nitrogens with one attached hydrogen (secondary N) is 1. The van der Waals surface area contributed by atoms with Gasteiger partial charge < -0.3 is 14.9 Å². The van der Waals surface area contributed by atoms with Gasteiger partial charge in [0.25, 0.3) is 0 Å². The Hall–Kier alpha value is -0.160. The zero-order valence-electron chi connectivity index (χ0n) is 6.37. The van der Waals surface area contributed by atoms with Crippen molar-refractivity contribution in [2.24, 2.45) is 0 Å². The summed E-state index contributed by atoms with van der Waals surface area (Å²) in [5.41, 5.74) is 0. The van der Waals surface area contributed by atoms with Crippen LogP contribution >= 0.6 is 0 Å². The molecule has 0 aromatic rings. The molecule has 0 aromatic heterocycles. The average Bonchev–Trinajstić information content (AvgIpc) is 1.85. The Morgan fingerprint density at radius 2 is 2.10 bits per heavy atom. The Kier molecular flexibility index (Phi) is 5.52. The first-order chi connectivity index (χ1) is 4.66. The number of hydrogen-bond acceptors (Lipinski definition) is 4. The van der Waals surface area contributed by atoms with Crippen LogP contribution in [0.15, 0.2) is 0 Å². The minimum absolute atomic E-state index is 0.243. The third-order valence-corrected chi connectivity index (χ3v) is 0.973. The highest BCUT2D eigenvalue weighted by molar-refractivity contribution is 4.55. The number of ether oxygens (including phenoxy) is 1. The molecule has 62 valence electrons. The van der Waals surface area contributed by atoms with Crippen molar-refractivity contribution < 1.29 is 14.9 Å². The van der Waals surface area contributed by atoms with Gasteiger partial charge in [0, 0.05) is 13.7 Å². The average molecular weight is 149 g/mol. The van der Waals surface area contributed by atoms with E-state index >= 15 is 0 Å². The van der Waals surface area contributed by atoms with E-state index in [-0.39, 0.29) is 6.61 Å². The van der Waals surface area contributed by atoms with Crippen LogP contribution in [0.3, 0.4) is 0 Å². The van der Waals surface area contributed by atoms with Crippen LogP contribution in [-0.4, -0.2) is 42.8 Å². The molecule has 0 aromatic carbocycles. The number of rotatable bonds is 5. The Labute approximate surface area is 60.8 Å². The fourth-order valence-corrected chi connectivity index (χ4v) is 0.523. The van der Waals surface area contributed by atoms with Crippen molar-refractivity contribution >= 4 is 0 Å². The summed E-state index contributed by atoms with van der Waals surface area (Å²) >= 11 is 0. The van der Waals surface area contributed by atoms with Crippen molar-refractivity contribution in [2.45, 2.75) is 19.3 Å². The molecule has 0 aliphatic carbocycles. The zero-order chi connectivity index (χ0) is 7.98. The van der Waals surface area contributed by atoms with E-state index in [1.807, 2.05) is 0 Å². The normalized spacial score (nSPS) is 16.8. The lowest BCUT2D eigenvalue weighted by Gasteiger charge is -2.12. The van der Waals surface area contributed by atoms with Gasteiger partial charge in [-0.05, 0) is 6.92 Å². The Balaban J connectivity index is 3.12. The number of hydrogen-bond donors (Lipinski definition) is 3. The fourth-order valence-electron chi connectivity index (χ4n) is 0.523. The lowest BCUT2D eigenvalue weighted by atomic mass is 10.4. The zero-order valence-corrected chi connectivity index (χ0v) is 6.37. The SMILES string of the molecule is COCC(O)NC[C@H](C)O. The molecule has 0 aliphatic heterocycles. The molecule has 10 heavy (non-hydrogen) atoms. The Morgan fingerprint density at radius 1 is 1.50 bits per heavy atom. The van der Waals surface area contributed by atoms with Crippen molar-refractivity contribution in [1.29, 1.82) is 0 Å². The lowest BCUT2D eigenvalue weighted by molar-refractivity contribution is 0.0339. The molecule has 4 nitrogen and oxygen atoms in total. The van der Waals surface area contributed by atoms with E-state index in [2.05, 4.69) is 10.1 Å². The van der Waals surface area contributed by atoms with E-state index in [0.717, 1.165) is 0 Å². The van der Waals surface area contributed by atoms with Gasteiger partial charge in [0.2, 0.25) is 0 Å². The largest absolute Gasteiger partial charge is 0.392 e. The summed E-state index contributed by atoms with van der Waals surface area (Å²) in [5, 5.41) is 20.4. The second-order valence-electron chi connectivity index (χ2n) is 2.23. The van der Waals surface area contributed by atoms with Crippen LogP contribution in [0.2, 0.25) is 0 Å². The molecule has 0 amide bonds. The topological polar surface area (TPSA) is 61.7 Å². The van der Waals surface area contributed by atoms with Crippen LogP contribution in [0.4, 0.5) is 0 Å². The predicted octanol–water partition coefficient (Wildman–Crippen LogP) is -1.08. The van der Waals surface area contributed by atoms with Crippen molar-refractivity contribution in [1.82, 2.24) is 5.32 Å². The maximum atomic E-state index is 8.95. The van der Waals surface area contributed by atoms with Gasteiger partial charge in [-0.2, -0.15) is 0 Å². The highest BCUT2D eigenvalue weighted by Gasteiger charge is 2.02. The first kappa shape index (κ1) is 9.84. The monoisotopic (exact) mass is 149 g/mol. The minimum Gasteiger partial charge on any atom is -0.392 e. The quantitative estimate of drug-likeness (QED) is 0.435. The molecule has 0 saturated carbocycles. The van der Waals surface area contributed by atoms with Gasteiger partial charge in [0.1, 0.15) is 6.23 Å². The summed E-state index contributed by atoms with van der Waals surface area (Å²) in [4.78, 5) is 0. The van der Waals surface area contributed by atoms with E-state index in [9.17, 15) is 0 Å². The summed E-state index contributed by atoms with van der Waals surface area (Å²) in [6, 6.07) is 0. The molecule has 0 radical (unpaired) electrons. The fraction of sp³-hybridized carbons (Fsp3) is 1.00. The number of aliphatic hydroxyl groups excluding tert-OH is 2. The van der Waals surface area contributed by atoms with Crippen molar-refractivity contribution in [3.63, 3.8) is 0 Å². The first-order valence-corrected chi connectivity index (χ1v) is 3.25. The third kappa shape index (κ3) is 5.97. The van der Waals surface area contributed by atoms with Gasteiger partial charge in [0.05, 0.1) is 12.7 Å². The molecular formula is C6H15NO3. The van der Waals surface area contributed by atoms with Gasteiger partial charge >= 0.3 is 0 Å². The summed E-state index contributed by atoms with van der Waals surface area (Å²) in [7, 11) is 1.51. The number of aliphatic hydroxyl groups is 2. The van der Waals surface area contributed by atoms with Crippen LogP contribution in [0.25, 0.3) is 0 Å². The molecule has 4 heteroatoms. The second kappa shape index (κ2) is 5.61. The van der Waals surface area contributed by atoms with E-state index in [1.165, 1.54) is 7.11 Å². The van der Waals surface area contributed by atoms with E-state index in [4.69, 9.17) is 10.2 Å². The van der Waals surface area contributed by atoms with Crippen LogP contribution < -0.4 is 5.32 Å². The van der Waals surface area contributed by atoms with Crippen molar-refractivity contribution in [3.8, 4) is 0 Å². The maximum absolute atomic E-state index is 8.95. The van der Waals surface area contributed by atoms with Gasteiger partial charge in [-0.3, -0.25) is 5.32 Å². The molecule has 0 rings (SSSR count). The van der Waals surface area contributed by atoms with Gasteiger partial charge in [-0.25, -0.2) is 0 Å². The standard InChI is InChI=1S/C6H15NO3/c1-5(8)3-7-6(9)4-10-2/h5-9H,3-4H2,1-2H3/t5-,6?/m0/s1. The molecule has 0 aliphatic rings. The van der Waals surface area contributed by atoms with Crippen LogP contribution in [0, 0.1) is 0 Å². The molecule has 1 unspecified atom stereocenters. The van der Waals surface area contributed by atoms with Crippen LogP contribution in [-0.2, 0) is 4.74 Å². The van der Waals surface area contributed by atoms with Crippen LogP contribution in [0.5, 0.6) is 0 Å². The van der Waals surface area contributed by atoms with Crippen LogP contribution in [0.1, 0.15) is 6.92 Å². The Bertz CT molecular complexity index is 77.4. The molecule has 0 bridgehead atoms. The summed E-state index contributed by atoms with van der Waals surface area (Å²) in [6.45, 7) is 2.27. The summed E-state index contributed by atoms with van der Waals surface area (Å²) in [6.07, 6.45) is -1.12. The molecule has 0 saturated heterocycles. The third-order valence-electron chi connectivity index (χ3n) is 0.973. The minimum atomic E-state index is -0.681. The molecular weight excluding hydrogens is 134 g/mol. The van der Waals surface area contributed by atoms with Gasteiger partial charge in [0.15, 0.2) is 0 Å². The van der Waals surface area contributed by atoms with Crippen molar-refractivity contribution in [2.75, 3.05) is 20.3 Å². The molecule has 0 fully saturated rings. The van der Waals surface area contributed by atoms with E-state index < -0.39 is 12.3 Å². The highest BCUT2D eigenvalue weighted by atomic mass is 16.5. The van der Waals surface area contributed by atoms with E-state index in [1.54, 1.807) is 6.92 Å². The summed E-state index contributed by atoms with van der Waals surface area (Å²) in [5.74, 6) is 0. The number of methoxy groups -OCH3 is 1. The first-order valence-electron chi connectivity index (χ1n) is 3.25. The second-order valence-corrected chi connectivity index (χ2v) is 2.23. The smallest absolute Gasteiger partial charge is 0.128 e. The molecule has 0 heterocycles. The molecule has 0 spiro atoms. The highest BCUT2D eigenvalue weighted by Crippen LogP contribution is 1.80. The lowest BCUT2D eigenvalue weighted by Crippen LogP contribution is -2.37. The molecule has 2 atom stereocenters. The van der Waals surface area contributed by atoms with E-state index in [0.29, 0.717) is 6.54 Å². The molecule has 3 N–H and O–H groups in total. The van der Waals surface area contributed by atoms with Gasteiger partial charge in [-0.15, -0.1) is 0 Å². The summed E-state index contributed by atoms with van der Waals surface area (Å²) < 4.78 is 4.64. The Morgan fingerprint density at radius 3 is 2.50 bits per heavy atom. The van der Waals surface area contributed by atoms with Gasteiger partial charge in [-0.1, -0.05) is 0 Å². The van der Waals surface area contributed by atoms with Crippen molar-refractivity contribution in [3.05, 3.63) is 0 Å². The predicted molar refractivity (Wildman–Crippen MR) is 37.6 cm³/mol.